The molecule has 0 radical (unpaired) electrons. The zero-order valence-electron chi connectivity index (χ0n) is 10.9. The number of nitrogens with one attached hydrogen (secondary N) is 1. The van der Waals surface area contributed by atoms with Crippen molar-refractivity contribution in [1.82, 2.24) is 9.97 Å². The second-order valence-corrected chi connectivity index (χ2v) is 6.90. The predicted octanol–water partition coefficient (Wildman–Crippen LogP) is 2.24. The first-order valence-electron chi connectivity index (χ1n) is 5.66. The Balaban J connectivity index is 2.41. The van der Waals surface area contributed by atoms with Crippen LogP contribution in [0, 0.1) is 13.8 Å². The molecule has 0 aliphatic rings. The topological polar surface area (TPSA) is 98.0 Å². The van der Waals surface area contributed by atoms with Crippen LogP contribution in [0.25, 0.3) is 0 Å². The third-order valence-electron chi connectivity index (χ3n) is 2.69. The van der Waals surface area contributed by atoms with Crippen molar-refractivity contribution < 1.29 is 8.42 Å². The molecule has 1 aromatic carbocycles. The summed E-state index contributed by atoms with van der Waals surface area (Å²) in [5.41, 5.74) is 7.52. The fraction of sp³-hybridized carbons (Fsp3) is 0.167. The molecule has 0 aliphatic heterocycles. The fourth-order valence-corrected chi connectivity index (χ4v) is 3.51. The minimum absolute atomic E-state index is 0.0277. The number of rotatable bonds is 3. The number of nitrogen functional groups attached to an aromatic ring is 1. The Morgan fingerprint density at radius 3 is 2.15 bits per heavy atom. The summed E-state index contributed by atoms with van der Waals surface area (Å²) in [6.07, 6.45) is 2.35. The highest BCUT2D eigenvalue weighted by Gasteiger charge is 2.17. The lowest BCUT2D eigenvalue weighted by molar-refractivity contribution is 0.600. The SMILES string of the molecule is Cc1cc(Br)cc(C)c1NS(=O)(=O)c1cnc(N)nc1. The van der Waals surface area contributed by atoms with Crippen LogP contribution in [-0.4, -0.2) is 18.4 Å². The molecule has 6 nitrogen and oxygen atoms in total. The van der Waals surface area contributed by atoms with Gasteiger partial charge in [-0.05, 0) is 37.1 Å². The molecule has 106 valence electrons. The highest BCUT2D eigenvalue weighted by atomic mass is 79.9. The number of nitrogens with zero attached hydrogens (tertiary/aromatic N) is 2. The summed E-state index contributed by atoms with van der Waals surface area (Å²) in [5, 5.41) is 0. The van der Waals surface area contributed by atoms with Crippen LogP contribution in [-0.2, 0) is 10.0 Å². The number of benzene rings is 1. The van der Waals surface area contributed by atoms with E-state index in [0.717, 1.165) is 15.6 Å². The van der Waals surface area contributed by atoms with Gasteiger partial charge in [0.2, 0.25) is 5.95 Å². The Bertz CT molecular complexity index is 722. The van der Waals surface area contributed by atoms with Gasteiger partial charge < -0.3 is 5.73 Å². The Morgan fingerprint density at radius 2 is 1.65 bits per heavy atom. The Morgan fingerprint density at radius 1 is 1.15 bits per heavy atom. The van der Waals surface area contributed by atoms with Crippen molar-refractivity contribution in [2.24, 2.45) is 0 Å². The van der Waals surface area contributed by atoms with Crippen molar-refractivity contribution in [3.8, 4) is 0 Å². The molecule has 1 aromatic heterocycles. The van der Waals surface area contributed by atoms with E-state index >= 15 is 0 Å². The van der Waals surface area contributed by atoms with E-state index in [1.54, 1.807) is 0 Å². The molecule has 20 heavy (non-hydrogen) atoms. The molecule has 0 atom stereocenters. The molecule has 3 N–H and O–H groups in total. The van der Waals surface area contributed by atoms with Crippen molar-refractivity contribution in [3.63, 3.8) is 0 Å². The van der Waals surface area contributed by atoms with Gasteiger partial charge in [-0.15, -0.1) is 0 Å². The third-order valence-corrected chi connectivity index (χ3v) is 4.45. The molecule has 0 saturated carbocycles. The second kappa shape index (κ2) is 5.37. The molecule has 0 saturated heterocycles. The van der Waals surface area contributed by atoms with Crippen molar-refractivity contribution >= 4 is 37.6 Å². The van der Waals surface area contributed by atoms with E-state index < -0.39 is 10.0 Å². The van der Waals surface area contributed by atoms with Gasteiger partial charge in [0.25, 0.3) is 10.0 Å². The number of sulfonamides is 1. The maximum Gasteiger partial charge on any atom is 0.264 e. The van der Waals surface area contributed by atoms with E-state index in [1.165, 1.54) is 12.4 Å². The Kier molecular flexibility index (Phi) is 3.96. The lowest BCUT2D eigenvalue weighted by Gasteiger charge is -2.13. The molecule has 0 spiro atoms. The average Bonchev–Trinajstić information content (AvgIpc) is 2.34. The van der Waals surface area contributed by atoms with Gasteiger partial charge in [0, 0.05) is 4.47 Å². The summed E-state index contributed by atoms with van der Waals surface area (Å²) < 4.78 is 28.0. The normalized spacial score (nSPS) is 11.3. The summed E-state index contributed by atoms with van der Waals surface area (Å²) in [5.74, 6) is 0.0277. The van der Waals surface area contributed by atoms with Gasteiger partial charge in [0.1, 0.15) is 4.90 Å². The van der Waals surface area contributed by atoms with E-state index in [4.69, 9.17) is 5.73 Å². The van der Waals surface area contributed by atoms with Crippen LogP contribution in [0.4, 0.5) is 11.6 Å². The van der Waals surface area contributed by atoms with Gasteiger partial charge >= 0.3 is 0 Å². The molecule has 8 heteroatoms. The maximum atomic E-state index is 12.3. The molecule has 0 bridgehead atoms. The molecule has 0 fully saturated rings. The highest BCUT2D eigenvalue weighted by molar-refractivity contribution is 9.10. The Hall–Kier alpha value is -1.67. The molecule has 1 heterocycles. The van der Waals surface area contributed by atoms with E-state index in [1.807, 2.05) is 26.0 Å². The standard InChI is InChI=1S/C12H13BrN4O2S/c1-7-3-9(13)4-8(2)11(7)17-20(18,19)10-5-15-12(14)16-6-10/h3-6,17H,1-2H3,(H2,14,15,16). The number of halogens is 1. The van der Waals surface area contributed by atoms with Crippen LogP contribution >= 0.6 is 15.9 Å². The molecule has 0 unspecified atom stereocenters. The van der Waals surface area contributed by atoms with Crippen molar-refractivity contribution in [1.29, 1.82) is 0 Å². The molecular weight excluding hydrogens is 344 g/mol. The first kappa shape index (κ1) is 14.7. The number of nitrogens with two attached hydrogens (primary N) is 1. The van der Waals surface area contributed by atoms with E-state index in [2.05, 4.69) is 30.6 Å². The first-order valence-corrected chi connectivity index (χ1v) is 7.94. The number of aryl methyl sites for hydroxylation is 2. The van der Waals surface area contributed by atoms with Gasteiger partial charge in [0.05, 0.1) is 18.1 Å². The maximum absolute atomic E-state index is 12.3. The molecule has 0 amide bonds. The van der Waals surface area contributed by atoms with Crippen LogP contribution in [0.5, 0.6) is 0 Å². The predicted molar refractivity (Wildman–Crippen MR) is 80.9 cm³/mol. The lowest BCUT2D eigenvalue weighted by Crippen LogP contribution is -2.15. The van der Waals surface area contributed by atoms with E-state index in [9.17, 15) is 8.42 Å². The number of hydrogen-bond acceptors (Lipinski definition) is 5. The van der Waals surface area contributed by atoms with Crippen LogP contribution in [0.15, 0.2) is 33.9 Å². The largest absolute Gasteiger partial charge is 0.368 e. The molecule has 2 aromatic rings. The quantitative estimate of drug-likeness (QED) is 0.878. The van der Waals surface area contributed by atoms with Crippen LogP contribution in [0.2, 0.25) is 0 Å². The number of aromatic nitrogens is 2. The van der Waals surface area contributed by atoms with Crippen LogP contribution < -0.4 is 10.5 Å². The van der Waals surface area contributed by atoms with Crippen molar-refractivity contribution in [3.05, 3.63) is 40.1 Å². The average molecular weight is 357 g/mol. The second-order valence-electron chi connectivity index (χ2n) is 4.30. The number of hydrogen-bond donors (Lipinski definition) is 2. The lowest BCUT2D eigenvalue weighted by atomic mass is 10.1. The smallest absolute Gasteiger partial charge is 0.264 e. The zero-order chi connectivity index (χ0) is 14.9. The third kappa shape index (κ3) is 3.07. The summed E-state index contributed by atoms with van der Waals surface area (Å²) in [7, 11) is -3.73. The van der Waals surface area contributed by atoms with Gasteiger partial charge in [-0.3, -0.25) is 4.72 Å². The minimum Gasteiger partial charge on any atom is -0.368 e. The van der Waals surface area contributed by atoms with E-state index in [-0.39, 0.29) is 10.8 Å². The molecule has 2 rings (SSSR count). The van der Waals surface area contributed by atoms with E-state index in [0.29, 0.717) is 5.69 Å². The monoisotopic (exact) mass is 356 g/mol. The van der Waals surface area contributed by atoms with Crippen molar-refractivity contribution in [2.45, 2.75) is 18.7 Å². The fourth-order valence-electron chi connectivity index (χ4n) is 1.73. The van der Waals surface area contributed by atoms with Gasteiger partial charge in [-0.1, -0.05) is 15.9 Å². The summed E-state index contributed by atoms with van der Waals surface area (Å²) in [4.78, 5) is 7.34. The molecular formula is C12H13BrN4O2S. The minimum atomic E-state index is -3.73. The Labute approximate surface area is 125 Å². The zero-order valence-corrected chi connectivity index (χ0v) is 13.3. The summed E-state index contributed by atoms with van der Waals surface area (Å²) in [6, 6.07) is 3.68. The highest BCUT2D eigenvalue weighted by Crippen LogP contribution is 2.27. The van der Waals surface area contributed by atoms with Gasteiger partial charge in [-0.25, -0.2) is 18.4 Å². The van der Waals surface area contributed by atoms with Gasteiger partial charge in [0.15, 0.2) is 0 Å². The summed E-state index contributed by atoms with van der Waals surface area (Å²) in [6.45, 7) is 3.66. The first-order chi connectivity index (χ1) is 9.29. The van der Waals surface area contributed by atoms with Crippen LogP contribution in [0.3, 0.4) is 0 Å². The van der Waals surface area contributed by atoms with Crippen LogP contribution in [0.1, 0.15) is 11.1 Å². The summed E-state index contributed by atoms with van der Waals surface area (Å²) >= 11 is 3.37. The number of anilines is 2. The van der Waals surface area contributed by atoms with Gasteiger partial charge in [-0.2, -0.15) is 0 Å². The van der Waals surface area contributed by atoms with Crippen molar-refractivity contribution in [2.75, 3.05) is 10.5 Å². The molecule has 0 aliphatic carbocycles.